The normalized spacial score (nSPS) is 10.4. The van der Waals surface area contributed by atoms with E-state index in [1.165, 1.54) is 6.07 Å². The standard InChI is InChI=1S/C16H15ClFNOS/c1-11-2-7-14(18)15(10-11)19-16(20)8-9-21-13-5-3-12(17)4-6-13/h2-7,10H,8-9H2,1H3,(H,19,20). The number of carbonyl (C=O) groups excluding carboxylic acids is 1. The van der Waals surface area contributed by atoms with E-state index in [1.807, 2.05) is 31.2 Å². The second kappa shape index (κ2) is 7.48. The summed E-state index contributed by atoms with van der Waals surface area (Å²) in [6.45, 7) is 1.85. The average Bonchev–Trinajstić information content (AvgIpc) is 2.45. The molecule has 0 radical (unpaired) electrons. The monoisotopic (exact) mass is 323 g/mol. The van der Waals surface area contributed by atoms with Gasteiger partial charge in [-0.3, -0.25) is 4.79 Å². The number of carbonyl (C=O) groups is 1. The summed E-state index contributed by atoms with van der Waals surface area (Å²) in [6, 6.07) is 12.1. The Hall–Kier alpha value is -1.52. The van der Waals surface area contributed by atoms with Gasteiger partial charge < -0.3 is 5.32 Å². The molecular weight excluding hydrogens is 309 g/mol. The molecule has 0 heterocycles. The highest BCUT2D eigenvalue weighted by molar-refractivity contribution is 7.99. The number of benzene rings is 2. The Kier molecular flexibility index (Phi) is 5.65. The van der Waals surface area contributed by atoms with Crippen LogP contribution < -0.4 is 5.32 Å². The third-order valence-electron chi connectivity index (χ3n) is 2.81. The van der Waals surface area contributed by atoms with Crippen LogP contribution >= 0.6 is 23.4 Å². The van der Waals surface area contributed by atoms with Crippen LogP contribution in [0.4, 0.5) is 10.1 Å². The smallest absolute Gasteiger partial charge is 0.225 e. The largest absolute Gasteiger partial charge is 0.324 e. The lowest BCUT2D eigenvalue weighted by Gasteiger charge is -2.07. The molecule has 0 saturated carbocycles. The fraction of sp³-hybridized carbons (Fsp3) is 0.188. The third kappa shape index (κ3) is 5.06. The molecule has 0 bridgehead atoms. The van der Waals surface area contributed by atoms with Gasteiger partial charge in [0.2, 0.25) is 5.91 Å². The van der Waals surface area contributed by atoms with E-state index in [2.05, 4.69) is 5.32 Å². The zero-order valence-electron chi connectivity index (χ0n) is 11.5. The predicted octanol–water partition coefficient (Wildman–Crippen LogP) is 4.91. The summed E-state index contributed by atoms with van der Waals surface area (Å²) in [7, 11) is 0. The molecule has 0 aliphatic carbocycles. The number of hydrogen-bond donors (Lipinski definition) is 1. The van der Waals surface area contributed by atoms with Gasteiger partial charge in [0.15, 0.2) is 0 Å². The first-order valence-corrected chi connectivity index (χ1v) is 7.85. The van der Waals surface area contributed by atoms with Crippen molar-refractivity contribution in [1.82, 2.24) is 0 Å². The number of rotatable bonds is 5. The molecule has 2 aromatic rings. The second-order valence-electron chi connectivity index (χ2n) is 4.58. The lowest BCUT2D eigenvalue weighted by molar-refractivity contribution is -0.115. The Morgan fingerprint density at radius 1 is 1.24 bits per heavy atom. The Morgan fingerprint density at radius 2 is 1.95 bits per heavy atom. The number of amides is 1. The highest BCUT2D eigenvalue weighted by atomic mass is 35.5. The second-order valence-corrected chi connectivity index (χ2v) is 6.19. The van der Waals surface area contributed by atoms with Gasteiger partial charge in [-0.25, -0.2) is 4.39 Å². The van der Waals surface area contributed by atoms with Gasteiger partial charge in [0.1, 0.15) is 5.82 Å². The molecule has 21 heavy (non-hydrogen) atoms. The van der Waals surface area contributed by atoms with Crippen LogP contribution in [-0.2, 0) is 4.79 Å². The van der Waals surface area contributed by atoms with Crippen LogP contribution in [0, 0.1) is 12.7 Å². The van der Waals surface area contributed by atoms with Crippen LogP contribution in [0.5, 0.6) is 0 Å². The first-order chi connectivity index (χ1) is 10.0. The third-order valence-corrected chi connectivity index (χ3v) is 4.07. The molecule has 2 rings (SSSR count). The van der Waals surface area contributed by atoms with E-state index < -0.39 is 5.82 Å². The van der Waals surface area contributed by atoms with E-state index in [0.717, 1.165) is 10.5 Å². The zero-order chi connectivity index (χ0) is 15.2. The molecule has 0 unspecified atom stereocenters. The first-order valence-electron chi connectivity index (χ1n) is 6.49. The van der Waals surface area contributed by atoms with Gasteiger partial charge in [-0.1, -0.05) is 17.7 Å². The molecule has 2 aromatic carbocycles. The first kappa shape index (κ1) is 15.9. The van der Waals surface area contributed by atoms with Crippen molar-refractivity contribution in [2.24, 2.45) is 0 Å². The fourth-order valence-electron chi connectivity index (χ4n) is 1.74. The van der Waals surface area contributed by atoms with Gasteiger partial charge in [0.25, 0.3) is 0 Å². The number of halogens is 2. The van der Waals surface area contributed by atoms with Crippen LogP contribution in [-0.4, -0.2) is 11.7 Å². The number of thioether (sulfide) groups is 1. The van der Waals surface area contributed by atoms with Crippen molar-refractivity contribution >= 4 is 35.0 Å². The molecule has 0 aliphatic heterocycles. The summed E-state index contributed by atoms with van der Waals surface area (Å²) in [5.41, 5.74) is 1.14. The van der Waals surface area contributed by atoms with Gasteiger partial charge in [0, 0.05) is 22.1 Å². The summed E-state index contributed by atoms with van der Waals surface area (Å²) in [5, 5.41) is 3.29. The molecule has 0 fully saturated rings. The molecule has 5 heteroatoms. The Balaban J connectivity index is 1.82. The minimum atomic E-state index is -0.417. The highest BCUT2D eigenvalue weighted by Gasteiger charge is 2.07. The molecule has 110 valence electrons. The minimum Gasteiger partial charge on any atom is -0.324 e. The Bertz CT molecular complexity index is 631. The van der Waals surface area contributed by atoms with Gasteiger partial charge in [0.05, 0.1) is 5.69 Å². The van der Waals surface area contributed by atoms with E-state index in [-0.39, 0.29) is 11.6 Å². The maximum Gasteiger partial charge on any atom is 0.225 e. The molecule has 1 amide bonds. The highest BCUT2D eigenvalue weighted by Crippen LogP contribution is 2.21. The number of anilines is 1. The van der Waals surface area contributed by atoms with E-state index in [1.54, 1.807) is 23.9 Å². The Labute approximate surface area is 132 Å². The van der Waals surface area contributed by atoms with Crippen molar-refractivity contribution < 1.29 is 9.18 Å². The molecule has 0 aliphatic rings. The van der Waals surface area contributed by atoms with Crippen LogP contribution in [0.15, 0.2) is 47.4 Å². The van der Waals surface area contributed by atoms with Crippen LogP contribution in [0.1, 0.15) is 12.0 Å². The van der Waals surface area contributed by atoms with Crippen LogP contribution in [0.3, 0.4) is 0 Å². The lowest BCUT2D eigenvalue weighted by Crippen LogP contribution is -2.13. The van der Waals surface area contributed by atoms with Gasteiger partial charge in [-0.2, -0.15) is 0 Å². The Morgan fingerprint density at radius 3 is 2.67 bits per heavy atom. The van der Waals surface area contributed by atoms with E-state index in [4.69, 9.17) is 11.6 Å². The molecule has 0 atom stereocenters. The quantitative estimate of drug-likeness (QED) is 0.792. The summed E-state index contributed by atoms with van der Waals surface area (Å²) >= 11 is 7.37. The number of hydrogen-bond acceptors (Lipinski definition) is 2. The van der Waals surface area contributed by atoms with Gasteiger partial charge in [-0.05, 0) is 48.9 Å². The SMILES string of the molecule is Cc1ccc(F)c(NC(=O)CCSc2ccc(Cl)cc2)c1. The van der Waals surface area contributed by atoms with Crippen molar-refractivity contribution in [1.29, 1.82) is 0 Å². The van der Waals surface area contributed by atoms with Crippen molar-refractivity contribution in [3.63, 3.8) is 0 Å². The van der Waals surface area contributed by atoms with Crippen molar-refractivity contribution in [2.75, 3.05) is 11.1 Å². The molecule has 1 N–H and O–H groups in total. The molecule has 0 aromatic heterocycles. The van der Waals surface area contributed by atoms with E-state index in [9.17, 15) is 9.18 Å². The van der Waals surface area contributed by atoms with Crippen molar-refractivity contribution in [2.45, 2.75) is 18.2 Å². The molecule has 2 nitrogen and oxygen atoms in total. The summed E-state index contributed by atoms with van der Waals surface area (Å²) < 4.78 is 13.5. The van der Waals surface area contributed by atoms with Crippen LogP contribution in [0.25, 0.3) is 0 Å². The minimum absolute atomic E-state index is 0.194. The number of nitrogens with one attached hydrogen (secondary N) is 1. The predicted molar refractivity (Wildman–Crippen MR) is 86.6 cm³/mol. The van der Waals surface area contributed by atoms with E-state index >= 15 is 0 Å². The van der Waals surface area contributed by atoms with E-state index in [0.29, 0.717) is 17.2 Å². The topological polar surface area (TPSA) is 29.1 Å². The lowest BCUT2D eigenvalue weighted by atomic mass is 10.2. The van der Waals surface area contributed by atoms with Gasteiger partial charge in [-0.15, -0.1) is 11.8 Å². The summed E-state index contributed by atoms with van der Waals surface area (Å²) in [5.74, 6) is 0.0150. The molecule has 0 spiro atoms. The van der Waals surface area contributed by atoms with Gasteiger partial charge >= 0.3 is 0 Å². The number of aryl methyl sites for hydroxylation is 1. The summed E-state index contributed by atoms with van der Waals surface area (Å²) in [4.78, 5) is 12.9. The average molecular weight is 324 g/mol. The van der Waals surface area contributed by atoms with Crippen LogP contribution in [0.2, 0.25) is 5.02 Å². The molecular formula is C16H15ClFNOS. The maximum atomic E-state index is 13.5. The zero-order valence-corrected chi connectivity index (χ0v) is 13.1. The summed E-state index contributed by atoms with van der Waals surface area (Å²) in [6.07, 6.45) is 0.320. The fourth-order valence-corrected chi connectivity index (χ4v) is 2.72. The van der Waals surface area contributed by atoms with Crippen molar-refractivity contribution in [3.05, 3.63) is 58.9 Å². The molecule has 0 saturated heterocycles. The maximum absolute atomic E-state index is 13.5. The van der Waals surface area contributed by atoms with Crippen molar-refractivity contribution in [3.8, 4) is 0 Å².